The van der Waals surface area contributed by atoms with Gasteiger partial charge in [0, 0.05) is 23.1 Å². The van der Waals surface area contributed by atoms with Crippen LogP contribution in [0.3, 0.4) is 0 Å². The van der Waals surface area contributed by atoms with E-state index in [9.17, 15) is 19.1 Å². The van der Waals surface area contributed by atoms with Gasteiger partial charge in [-0.1, -0.05) is 6.07 Å². The van der Waals surface area contributed by atoms with Gasteiger partial charge in [0.1, 0.15) is 5.82 Å². The Labute approximate surface area is 123 Å². The molecule has 1 fully saturated rings. The van der Waals surface area contributed by atoms with Crippen molar-refractivity contribution >= 4 is 33.3 Å². The Morgan fingerprint density at radius 1 is 1.43 bits per heavy atom. The van der Waals surface area contributed by atoms with E-state index in [1.165, 1.54) is 12.1 Å². The molecule has 1 aliphatic heterocycles. The van der Waals surface area contributed by atoms with E-state index in [1.807, 2.05) is 0 Å². The normalized spacial score (nSPS) is 21.6. The molecule has 1 saturated heterocycles. The predicted molar refractivity (Wildman–Crippen MR) is 75.1 cm³/mol. The summed E-state index contributed by atoms with van der Waals surface area (Å²) in [5.41, 5.74) is -1.40. The zero-order valence-electron chi connectivity index (χ0n) is 10.9. The van der Waals surface area contributed by atoms with Crippen molar-refractivity contribution in [1.82, 2.24) is 5.32 Å². The Hall–Kier alpha value is -1.99. The molecule has 0 bridgehead atoms. The fourth-order valence-corrected chi connectivity index (χ4v) is 3.27. The van der Waals surface area contributed by atoms with Crippen LogP contribution in [0, 0.1) is 5.82 Å². The number of benzene rings is 1. The number of carbonyl (C=O) groups is 2. The second-order valence-electron chi connectivity index (χ2n) is 4.91. The van der Waals surface area contributed by atoms with Gasteiger partial charge in [0.05, 0.1) is 11.5 Å². The van der Waals surface area contributed by atoms with Crippen molar-refractivity contribution in [3.8, 4) is 0 Å². The number of hydrogen-bond acceptors (Lipinski definition) is 4. The van der Waals surface area contributed by atoms with Crippen molar-refractivity contribution in [2.75, 3.05) is 13.2 Å². The summed E-state index contributed by atoms with van der Waals surface area (Å²) in [4.78, 5) is 23.9. The zero-order chi connectivity index (χ0) is 15.0. The van der Waals surface area contributed by atoms with Gasteiger partial charge >= 0.3 is 5.97 Å². The Balaban J connectivity index is 1.90. The van der Waals surface area contributed by atoms with E-state index in [1.54, 1.807) is 12.1 Å². The number of amides is 1. The van der Waals surface area contributed by atoms with E-state index in [4.69, 9.17) is 4.74 Å². The Bertz CT molecular complexity index is 721. The van der Waals surface area contributed by atoms with E-state index >= 15 is 0 Å². The number of hydrogen-bond donors (Lipinski definition) is 2. The molecule has 0 aliphatic carbocycles. The van der Waals surface area contributed by atoms with E-state index in [2.05, 4.69) is 5.32 Å². The van der Waals surface area contributed by atoms with Crippen molar-refractivity contribution in [2.24, 2.45) is 0 Å². The molecule has 1 aromatic carbocycles. The quantitative estimate of drug-likeness (QED) is 0.909. The van der Waals surface area contributed by atoms with E-state index in [-0.39, 0.29) is 24.5 Å². The molecule has 2 N–H and O–H groups in total. The van der Waals surface area contributed by atoms with Crippen molar-refractivity contribution in [3.63, 3.8) is 0 Å². The number of carboxylic acid groups (broad SMARTS) is 1. The molecule has 0 saturated carbocycles. The van der Waals surface area contributed by atoms with Gasteiger partial charge in [-0.25, -0.2) is 9.18 Å². The van der Waals surface area contributed by atoms with Crippen LogP contribution in [0.2, 0.25) is 0 Å². The number of carbonyl (C=O) groups excluding carboxylic acids is 1. The number of rotatable bonds is 3. The Morgan fingerprint density at radius 2 is 2.24 bits per heavy atom. The number of aliphatic carboxylic acids is 1. The molecule has 110 valence electrons. The lowest BCUT2D eigenvalue weighted by atomic mass is 9.99. The second kappa shape index (κ2) is 5.09. The largest absolute Gasteiger partial charge is 0.479 e. The summed E-state index contributed by atoms with van der Waals surface area (Å²) < 4.78 is 19.4. The van der Waals surface area contributed by atoms with Gasteiger partial charge in [-0.05, 0) is 18.2 Å². The first kappa shape index (κ1) is 14.0. The molecule has 3 rings (SSSR count). The van der Waals surface area contributed by atoms with Gasteiger partial charge in [-0.15, -0.1) is 11.3 Å². The highest BCUT2D eigenvalue weighted by molar-refractivity contribution is 7.20. The lowest BCUT2D eigenvalue weighted by molar-refractivity contribution is -0.144. The molecular formula is C14H12FNO4S. The van der Waals surface area contributed by atoms with Crippen molar-refractivity contribution in [2.45, 2.75) is 12.0 Å². The smallest absolute Gasteiger partial charge is 0.331 e. The summed E-state index contributed by atoms with van der Waals surface area (Å²) >= 11 is 1.13. The minimum Gasteiger partial charge on any atom is -0.479 e. The summed E-state index contributed by atoms with van der Waals surface area (Å²) in [5.74, 6) is -2.05. The number of thiophene rings is 1. The van der Waals surface area contributed by atoms with Crippen LogP contribution in [0.15, 0.2) is 24.3 Å². The molecular weight excluding hydrogens is 297 g/mol. The number of halogens is 1. The van der Waals surface area contributed by atoms with Crippen molar-refractivity contribution < 1.29 is 23.8 Å². The average Bonchev–Trinajstić information content (AvgIpc) is 3.06. The third-order valence-corrected chi connectivity index (χ3v) is 4.61. The van der Waals surface area contributed by atoms with Gasteiger partial charge < -0.3 is 15.2 Å². The minimum atomic E-state index is -1.40. The minimum absolute atomic E-state index is 0.0622. The molecule has 2 aromatic rings. The standard InChI is InChI=1S/C14H12FNO4S/c15-9-2-1-3-10-8(9)6-11(21-10)12(17)16-14(13(18)19)4-5-20-7-14/h1-3,6H,4-5,7H2,(H,16,17)(H,18,19). The third kappa shape index (κ3) is 2.38. The maximum absolute atomic E-state index is 13.6. The second-order valence-corrected chi connectivity index (χ2v) is 5.99. The van der Waals surface area contributed by atoms with Crippen LogP contribution >= 0.6 is 11.3 Å². The average molecular weight is 309 g/mol. The topological polar surface area (TPSA) is 75.6 Å². The van der Waals surface area contributed by atoms with E-state index < -0.39 is 23.2 Å². The van der Waals surface area contributed by atoms with Gasteiger partial charge in [0.25, 0.3) is 5.91 Å². The van der Waals surface area contributed by atoms with E-state index in [0.717, 1.165) is 11.3 Å². The first-order valence-corrected chi connectivity index (χ1v) is 7.15. The molecule has 7 heteroatoms. The third-order valence-electron chi connectivity index (χ3n) is 3.52. The zero-order valence-corrected chi connectivity index (χ0v) is 11.7. The monoisotopic (exact) mass is 309 g/mol. The summed E-state index contributed by atoms with van der Waals surface area (Å²) in [6, 6.07) is 6.04. The fourth-order valence-electron chi connectivity index (χ4n) is 2.30. The summed E-state index contributed by atoms with van der Waals surface area (Å²) in [7, 11) is 0. The van der Waals surface area contributed by atoms with Gasteiger partial charge in [0.15, 0.2) is 5.54 Å². The van der Waals surface area contributed by atoms with Crippen molar-refractivity contribution in [3.05, 3.63) is 35.0 Å². The lowest BCUT2D eigenvalue weighted by Crippen LogP contribution is -2.55. The van der Waals surface area contributed by atoms with Crippen LogP contribution in [0.1, 0.15) is 16.1 Å². The SMILES string of the molecule is O=C(NC1(C(=O)O)CCOC1)c1cc2c(F)cccc2s1. The molecule has 1 atom stereocenters. The van der Waals surface area contributed by atoms with Crippen LogP contribution in [0.25, 0.3) is 10.1 Å². The predicted octanol–water partition coefficient (Wildman–Crippen LogP) is 2.01. The van der Waals surface area contributed by atoms with Crippen LogP contribution in [0.4, 0.5) is 4.39 Å². The molecule has 21 heavy (non-hydrogen) atoms. The van der Waals surface area contributed by atoms with E-state index in [0.29, 0.717) is 10.1 Å². The molecule has 1 aliphatic rings. The first-order valence-electron chi connectivity index (χ1n) is 6.33. The number of carboxylic acids is 1. The van der Waals surface area contributed by atoms with Gasteiger partial charge in [-0.2, -0.15) is 0 Å². The first-order chi connectivity index (χ1) is 10.0. The fraction of sp³-hybridized carbons (Fsp3) is 0.286. The van der Waals surface area contributed by atoms with Crippen LogP contribution in [-0.2, 0) is 9.53 Å². The molecule has 0 radical (unpaired) electrons. The lowest BCUT2D eigenvalue weighted by Gasteiger charge is -2.23. The molecule has 1 unspecified atom stereocenters. The van der Waals surface area contributed by atoms with Crippen LogP contribution in [-0.4, -0.2) is 35.7 Å². The summed E-state index contributed by atoms with van der Waals surface area (Å²) in [6.07, 6.45) is 0.216. The Kier molecular flexibility index (Phi) is 3.38. The Morgan fingerprint density at radius 3 is 2.86 bits per heavy atom. The molecule has 5 nitrogen and oxygen atoms in total. The van der Waals surface area contributed by atoms with Crippen LogP contribution < -0.4 is 5.32 Å². The number of ether oxygens (including phenoxy) is 1. The molecule has 0 spiro atoms. The van der Waals surface area contributed by atoms with Crippen LogP contribution in [0.5, 0.6) is 0 Å². The number of nitrogens with one attached hydrogen (secondary N) is 1. The molecule has 1 aromatic heterocycles. The summed E-state index contributed by atoms with van der Waals surface area (Å²) in [6.45, 7) is 0.223. The van der Waals surface area contributed by atoms with Gasteiger partial charge in [-0.3, -0.25) is 4.79 Å². The highest BCUT2D eigenvalue weighted by atomic mass is 32.1. The van der Waals surface area contributed by atoms with Crippen molar-refractivity contribution in [1.29, 1.82) is 0 Å². The summed E-state index contributed by atoms with van der Waals surface area (Å²) in [5, 5.41) is 12.2. The van der Waals surface area contributed by atoms with Gasteiger partial charge in [0.2, 0.25) is 0 Å². The molecule has 1 amide bonds. The number of fused-ring (bicyclic) bond motifs is 1. The highest BCUT2D eigenvalue weighted by Gasteiger charge is 2.44. The maximum atomic E-state index is 13.6. The highest BCUT2D eigenvalue weighted by Crippen LogP contribution is 2.28. The maximum Gasteiger partial charge on any atom is 0.331 e. The molecule has 2 heterocycles.